The van der Waals surface area contributed by atoms with Gasteiger partial charge in [-0.1, -0.05) is 226 Å². The number of rotatable bonds is 7. The van der Waals surface area contributed by atoms with Gasteiger partial charge in [-0.3, -0.25) is 0 Å². The number of anilines is 3. The van der Waals surface area contributed by atoms with Crippen molar-refractivity contribution >= 4 is 38.9 Å². The van der Waals surface area contributed by atoms with E-state index in [0.717, 1.165) is 28.3 Å². The highest BCUT2D eigenvalue weighted by Crippen LogP contribution is 2.63. The van der Waals surface area contributed by atoms with Gasteiger partial charge < -0.3 is 9.47 Å². The van der Waals surface area contributed by atoms with Gasteiger partial charge in [-0.05, 0) is 127 Å². The maximum absolute atomic E-state index is 2.49. The molecular weight excluding hydrogens is 869 g/mol. The second-order valence-electron chi connectivity index (χ2n) is 19.9. The van der Waals surface area contributed by atoms with Gasteiger partial charge in [-0.15, -0.1) is 0 Å². The van der Waals surface area contributed by atoms with Gasteiger partial charge >= 0.3 is 0 Å². The SMILES string of the molecule is CC1(C)c2ccccc2C2(c3ccccc3-c3cc(N(c4ccc(-n5c6ccccc6c6ccccc65)cc4)c4ccccc4-c4ccccc4-c4ccccc4-c4ccccc4)ccc32)c2ccccc21. The third-order valence-corrected chi connectivity index (χ3v) is 15.9. The number of aromatic nitrogens is 1. The Bertz CT molecular complexity index is 3980. The molecule has 0 bridgehead atoms. The van der Waals surface area contributed by atoms with Crippen molar-refractivity contribution in [2.24, 2.45) is 0 Å². The van der Waals surface area contributed by atoms with Gasteiger partial charge in [-0.25, -0.2) is 0 Å². The number of nitrogens with zero attached hydrogens (tertiary/aromatic N) is 2. The molecule has 11 aromatic carbocycles. The molecule has 2 aliphatic carbocycles. The highest BCUT2D eigenvalue weighted by Gasteiger charge is 2.53. The van der Waals surface area contributed by atoms with E-state index in [1.54, 1.807) is 0 Å². The van der Waals surface area contributed by atoms with Crippen LogP contribution in [-0.2, 0) is 10.8 Å². The zero-order chi connectivity index (χ0) is 48.0. The van der Waals surface area contributed by atoms with Crippen LogP contribution in [0, 0.1) is 0 Å². The summed E-state index contributed by atoms with van der Waals surface area (Å²) >= 11 is 0. The van der Waals surface area contributed by atoms with Crippen LogP contribution in [0.5, 0.6) is 0 Å². The average Bonchev–Trinajstić information content (AvgIpc) is 3.94. The van der Waals surface area contributed by atoms with Crippen LogP contribution in [0.1, 0.15) is 47.2 Å². The fraction of sp³-hybridized carbons (Fsp3) is 0.0571. The van der Waals surface area contributed by atoms with E-state index in [1.165, 1.54) is 94.1 Å². The monoisotopic (exact) mass is 918 g/mol. The molecule has 0 unspecified atom stereocenters. The van der Waals surface area contributed by atoms with Crippen molar-refractivity contribution in [2.75, 3.05) is 4.90 Å². The lowest BCUT2D eigenvalue weighted by Gasteiger charge is -2.46. The van der Waals surface area contributed by atoms with Crippen molar-refractivity contribution in [3.05, 3.63) is 300 Å². The predicted molar refractivity (Wildman–Crippen MR) is 301 cm³/mol. The molecule has 0 aliphatic heterocycles. The summed E-state index contributed by atoms with van der Waals surface area (Å²) in [6, 6.07) is 99.1. The summed E-state index contributed by atoms with van der Waals surface area (Å²) in [5, 5.41) is 2.51. The van der Waals surface area contributed by atoms with Gasteiger partial charge in [0.25, 0.3) is 0 Å². The van der Waals surface area contributed by atoms with Gasteiger partial charge in [0.15, 0.2) is 0 Å². The second kappa shape index (κ2) is 16.3. The number of hydrogen-bond donors (Lipinski definition) is 0. The largest absolute Gasteiger partial charge is 0.310 e. The molecule has 14 rings (SSSR count). The van der Waals surface area contributed by atoms with E-state index in [4.69, 9.17) is 0 Å². The summed E-state index contributed by atoms with van der Waals surface area (Å²) < 4.78 is 2.40. The van der Waals surface area contributed by atoms with Gasteiger partial charge in [0.1, 0.15) is 0 Å². The Morgan fingerprint density at radius 1 is 0.306 bits per heavy atom. The van der Waals surface area contributed by atoms with Crippen molar-refractivity contribution in [3.8, 4) is 50.2 Å². The summed E-state index contributed by atoms with van der Waals surface area (Å²) in [6.07, 6.45) is 0. The van der Waals surface area contributed by atoms with E-state index in [9.17, 15) is 0 Å². The first-order valence-corrected chi connectivity index (χ1v) is 25.2. The van der Waals surface area contributed by atoms with Crippen LogP contribution in [0.2, 0.25) is 0 Å². The van der Waals surface area contributed by atoms with E-state index >= 15 is 0 Å². The molecule has 0 radical (unpaired) electrons. The molecule has 72 heavy (non-hydrogen) atoms. The molecule has 2 nitrogen and oxygen atoms in total. The lowest BCUT2D eigenvalue weighted by atomic mass is 9.55. The van der Waals surface area contributed by atoms with Crippen LogP contribution in [0.3, 0.4) is 0 Å². The molecule has 0 saturated carbocycles. The van der Waals surface area contributed by atoms with Crippen LogP contribution in [0.15, 0.2) is 267 Å². The molecule has 12 aromatic rings. The Morgan fingerprint density at radius 3 is 1.36 bits per heavy atom. The fourth-order valence-electron chi connectivity index (χ4n) is 12.8. The minimum absolute atomic E-state index is 0.167. The van der Waals surface area contributed by atoms with Gasteiger partial charge in [0.2, 0.25) is 0 Å². The first kappa shape index (κ1) is 41.9. The zero-order valence-corrected chi connectivity index (χ0v) is 40.3. The average molecular weight is 919 g/mol. The van der Waals surface area contributed by atoms with Crippen molar-refractivity contribution in [1.29, 1.82) is 0 Å². The Morgan fingerprint density at radius 2 is 0.736 bits per heavy atom. The van der Waals surface area contributed by atoms with E-state index < -0.39 is 5.41 Å². The molecule has 0 fully saturated rings. The molecule has 0 atom stereocenters. The summed E-state index contributed by atoms with van der Waals surface area (Å²) in [7, 11) is 0. The zero-order valence-electron chi connectivity index (χ0n) is 40.3. The van der Waals surface area contributed by atoms with Crippen LogP contribution in [0.4, 0.5) is 17.1 Å². The van der Waals surface area contributed by atoms with Gasteiger partial charge in [0.05, 0.1) is 22.1 Å². The van der Waals surface area contributed by atoms with E-state index in [2.05, 4.69) is 290 Å². The summed E-state index contributed by atoms with van der Waals surface area (Å²) in [5.74, 6) is 0. The Balaban J connectivity index is 1.00. The van der Waals surface area contributed by atoms with Crippen molar-refractivity contribution in [3.63, 3.8) is 0 Å². The lowest BCUT2D eigenvalue weighted by molar-refractivity contribution is 0.563. The molecule has 340 valence electrons. The number of hydrogen-bond acceptors (Lipinski definition) is 1. The standard InChI is InChI=1S/C70H50N2/c1-69(2)62-33-15-17-35-64(62)70(65-36-18-16-34-63(65)69)60-32-14-10-28-55(60)59-46-50(44-45-61(59)70)71(48-40-42-49(43-41-48)72-67-38-20-12-30-57(67)58-31-13-21-39-68(58)72)66-37-19-11-29-56(66)54-27-9-8-26-53(54)52-25-7-6-24-51(52)47-22-4-3-5-23-47/h3-46H,1-2H3. The highest BCUT2D eigenvalue weighted by atomic mass is 15.1. The van der Waals surface area contributed by atoms with Crippen molar-refractivity contribution in [1.82, 2.24) is 4.57 Å². The molecule has 1 aromatic heterocycles. The molecule has 1 spiro atoms. The predicted octanol–water partition coefficient (Wildman–Crippen LogP) is 18.3. The molecule has 0 amide bonds. The van der Waals surface area contributed by atoms with E-state index in [0.29, 0.717) is 0 Å². The molecular formula is C70H50N2. The molecule has 1 heterocycles. The van der Waals surface area contributed by atoms with Crippen molar-refractivity contribution in [2.45, 2.75) is 24.7 Å². The Hall–Kier alpha value is -8.98. The summed E-state index contributed by atoms with van der Waals surface area (Å²) in [5.41, 5.74) is 23.9. The number of para-hydroxylation sites is 3. The third kappa shape index (κ3) is 6.09. The minimum atomic E-state index is -0.481. The van der Waals surface area contributed by atoms with Crippen LogP contribution in [0.25, 0.3) is 72.0 Å². The van der Waals surface area contributed by atoms with Crippen LogP contribution >= 0.6 is 0 Å². The molecule has 0 N–H and O–H groups in total. The fourth-order valence-corrected chi connectivity index (χ4v) is 12.8. The second-order valence-corrected chi connectivity index (χ2v) is 19.9. The first-order chi connectivity index (χ1) is 35.5. The van der Waals surface area contributed by atoms with Gasteiger partial charge in [0, 0.05) is 38.8 Å². The number of fused-ring (bicyclic) bond motifs is 12. The molecule has 2 aliphatic rings. The lowest BCUT2D eigenvalue weighted by Crippen LogP contribution is -2.40. The normalized spacial score (nSPS) is 13.6. The molecule has 2 heteroatoms. The topological polar surface area (TPSA) is 8.17 Å². The van der Waals surface area contributed by atoms with Crippen LogP contribution < -0.4 is 4.90 Å². The summed E-state index contributed by atoms with van der Waals surface area (Å²) in [4.78, 5) is 2.49. The smallest absolute Gasteiger partial charge is 0.0719 e. The number of benzene rings is 11. The van der Waals surface area contributed by atoms with E-state index in [-0.39, 0.29) is 5.41 Å². The van der Waals surface area contributed by atoms with E-state index in [1.807, 2.05) is 0 Å². The van der Waals surface area contributed by atoms with Crippen molar-refractivity contribution < 1.29 is 0 Å². The Kier molecular flexibility index (Phi) is 9.50. The van der Waals surface area contributed by atoms with Crippen LogP contribution in [-0.4, -0.2) is 4.57 Å². The maximum Gasteiger partial charge on any atom is 0.0719 e. The minimum Gasteiger partial charge on any atom is -0.310 e. The third-order valence-electron chi connectivity index (χ3n) is 15.9. The maximum atomic E-state index is 2.49. The Labute approximate surface area is 421 Å². The summed E-state index contributed by atoms with van der Waals surface area (Å²) in [6.45, 7) is 4.78. The highest BCUT2D eigenvalue weighted by molar-refractivity contribution is 6.09. The first-order valence-electron chi connectivity index (χ1n) is 25.2. The quantitative estimate of drug-likeness (QED) is 0.155. The molecule has 0 saturated heterocycles. The van der Waals surface area contributed by atoms with Gasteiger partial charge in [-0.2, -0.15) is 0 Å².